The number of benzene rings is 1. The predicted octanol–water partition coefficient (Wildman–Crippen LogP) is 3.31. The van der Waals surface area contributed by atoms with Crippen molar-refractivity contribution in [1.82, 2.24) is 20.0 Å². The van der Waals surface area contributed by atoms with Crippen molar-refractivity contribution < 1.29 is 9.53 Å². The number of nitrogens with zero attached hydrogens (tertiary/aromatic N) is 3. The Hall–Kier alpha value is -1.89. The van der Waals surface area contributed by atoms with E-state index in [0.717, 1.165) is 38.4 Å². The Labute approximate surface area is 171 Å². The number of ether oxygens (including phenoxy) is 1. The number of carbonyl (C=O) groups excluding carboxylic acids is 1. The fourth-order valence-electron chi connectivity index (χ4n) is 3.64. The van der Waals surface area contributed by atoms with Crippen molar-refractivity contribution in [3.63, 3.8) is 0 Å². The van der Waals surface area contributed by atoms with Crippen LogP contribution >= 0.6 is 11.6 Å². The number of halogens is 1. The molecule has 1 saturated heterocycles. The largest absolute Gasteiger partial charge is 0.379 e. The summed E-state index contributed by atoms with van der Waals surface area (Å²) in [5.74, 6) is 0.377. The van der Waals surface area contributed by atoms with Crippen LogP contribution in [0, 0.1) is 12.8 Å². The quantitative estimate of drug-likeness (QED) is 0.769. The highest BCUT2D eigenvalue weighted by Crippen LogP contribution is 2.23. The van der Waals surface area contributed by atoms with Gasteiger partial charge < -0.3 is 10.1 Å². The van der Waals surface area contributed by atoms with Crippen LogP contribution in [0.2, 0.25) is 5.15 Å². The van der Waals surface area contributed by atoms with Crippen LogP contribution in [-0.2, 0) is 4.74 Å². The third-order valence-corrected chi connectivity index (χ3v) is 5.38. The fourth-order valence-corrected chi connectivity index (χ4v) is 4.00. The lowest BCUT2D eigenvalue weighted by Crippen LogP contribution is -2.49. The Morgan fingerprint density at radius 3 is 2.57 bits per heavy atom. The van der Waals surface area contributed by atoms with E-state index >= 15 is 0 Å². The Morgan fingerprint density at radius 2 is 1.93 bits per heavy atom. The van der Waals surface area contributed by atoms with Gasteiger partial charge in [0, 0.05) is 25.7 Å². The molecule has 152 valence electrons. The number of morpholine rings is 1. The van der Waals surface area contributed by atoms with Gasteiger partial charge in [-0.3, -0.25) is 9.69 Å². The standard InChI is InChI=1S/C21H29ClN4O2/c1-15(2)13-18(25-9-11-28-12-10-25)14-23-21(27)19-16(3)24-26(20(19)22)17-7-5-4-6-8-17/h4-8,15,18H,9-14H2,1-3H3,(H,23,27). The monoisotopic (exact) mass is 404 g/mol. The van der Waals surface area contributed by atoms with E-state index in [2.05, 4.69) is 29.2 Å². The summed E-state index contributed by atoms with van der Waals surface area (Å²) in [4.78, 5) is 15.3. The molecule has 7 heteroatoms. The average Bonchev–Trinajstić information content (AvgIpc) is 3.00. The molecule has 1 N–H and O–H groups in total. The number of rotatable bonds is 7. The van der Waals surface area contributed by atoms with Crippen molar-refractivity contribution in [2.24, 2.45) is 5.92 Å². The van der Waals surface area contributed by atoms with E-state index in [4.69, 9.17) is 16.3 Å². The van der Waals surface area contributed by atoms with Crippen LogP contribution in [0.15, 0.2) is 30.3 Å². The van der Waals surface area contributed by atoms with Gasteiger partial charge in [0.15, 0.2) is 0 Å². The molecule has 1 amide bonds. The van der Waals surface area contributed by atoms with E-state index in [9.17, 15) is 4.79 Å². The molecule has 1 atom stereocenters. The molecule has 0 spiro atoms. The second-order valence-electron chi connectivity index (χ2n) is 7.64. The summed E-state index contributed by atoms with van der Waals surface area (Å²) in [7, 11) is 0. The molecule has 1 aromatic carbocycles. The summed E-state index contributed by atoms with van der Waals surface area (Å²) < 4.78 is 7.08. The van der Waals surface area contributed by atoms with Gasteiger partial charge in [-0.05, 0) is 31.4 Å². The molecule has 0 radical (unpaired) electrons. The molecule has 1 fully saturated rings. The smallest absolute Gasteiger partial charge is 0.256 e. The SMILES string of the molecule is Cc1nn(-c2ccccc2)c(Cl)c1C(=O)NCC(CC(C)C)N1CCOCC1. The van der Waals surface area contributed by atoms with Gasteiger partial charge in [-0.1, -0.05) is 43.6 Å². The topological polar surface area (TPSA) is 59.4 Å². The van der Waals surface area contributed by atoms with Gasteiger partial charge in [0.2, 0.25) is 0 Å². The molecule has 0 bridgehead atoms. The normalized spacial score (nSPS) is 16.3. The Morgan fingerprint density at radius 1 is 1.25 bits per heavy atom. The zero-order valence-corrected chi connectivity index (χ0v) is 17.6. The van der Waals surface area contributed by atoms with E-state index in [1.54, 1.807) is 4.68 Å². The third kappa shape index (κ3) is 4.93. The van der Waals surface area contributed by atoms with Crippen molar-refractivity contribution in [3.05, 3.63) is 46.7 Å². The summed E-state index contributed by atoms with van der Waals surface area (Å²) in [6.07, 6.45) is 1.02. The molecular formula is C21H29ClN4O2. The zero-order valence-electron chi connectivity index (χ0n) is 16.8. The van der Waals surface area contributed by atoms with E-state index in [1.165, 1.54) is 0 Å². The van der Waals surface area contributed by atoms with Crippen molar-refractivity contribution in [1.29, 1.82) is 0 Å². The predicted molar refractivity (Wildman–Crippen MR) is 111 cm³/mol. The Kier molecular flexibility index (Phi) is 7.10. The van der Waals surface area contributed by atoms with Crippen molar-refractivity contribution >= 4 is 17.5 Å². The number of para-hydroxylation sites is 1. The lowest BCUT2D eigenvalue weighted by Gasteiger charge is -2.35. The number of amides is 1. The Balaban J connectivity index is 1.72. The summed E-state index contributed by atoms with van der Waals surface area (Å²) in [6.45, 7) is 10.1. The zero-order chi connectivity index (χ0) is 20.1. The average molecular weight is 405 g/mol. The van der Waals surface area contributed by atoms with Crippen LogP contribution < -0.4 is 5.32 Å². The molecule has 1 aliphatic rings. The molecule has 2 aromatic rings. The maximum absolute atomic E-state index is 12.9. The molecule has 0 aliphatic carbocycles. The van der Waals surface area contributed by atoms with Crippen LogP contribution in [0.5, 0.6) is 0 Å². The molecular weight excluding hydrogens is 376 g/mol. The first kappa shape index (κ1) is 20.8. The second kappa shape index (κ2) is 9.54. The molecule has 0 saturated carbocycles. The van der Waals surface area contributed by atoms with E-state index < -0.39 is 0 Å². The summed E-state index contributed by atoms with van der Waals surface area (Å²) in [5.41, 5.74) is 1.90. The van der Waals surface area contributed by atoms with Crippen LogP contribution in [0.4, 0.5) is 0 Å². The van der Waals surface area contributed by atoms with Gasteiger partial charge in [-0.25, -0.2) is 4.68 Å². The first-order chi connectivity index (χ1) is 13.5. The highest BCUT2D eigenvalue weighted by molar-refractivity contribution is 6.33. The summed E-state index contributed by atoms with van der Waals surface area (Å²) >= 11 is 6.52. The van der Waals surface area contributed by atoms with Gasteiger partial charge in [0.1, 0.15) is 5.15 Å². The first-order valence-corrected chi connectivity index (χ1v) is 10.3. The summed E-state index contributed by atoms with van der Waals surface area (Å²) in [5, 5.41) is 7.89. The minimum absolute atomic E-state index is 0.174. The van der Waals surface area contributed by atoms with Crippen LogP contribution in [0.3, 0.4) is 0 Å². The second-order valence-corrected chi connectivity index (χ2v) is 8.00. The number of carbonyl (C=O) groups is 1. The molecule has 28 heavy (non-hydrogen) atoms. The third-order valence-electron chi connectivity index (χ3n) is 5.04. The number of aromatic nitrogens is 2. The van der Waals surface area contributed by atoms with Crippen molar-refractivity contribution in [2.45, 2.75) is 33.2 Å². The number of hydrogen-bond donors (Lipinski definition) is 1. The van der Waals surface area contributed by atoms with Gasteiger partial charge in [0.25, 0.3) is 5.91 Å². The minimum Gasteiger partial charge on any atom is -0.379 e. The molecule has 1 unspecified atom stereocenters. The van der Waals surface area contributed by atoms with Crippen molar-refractivity contribution in [3.8, 4) is 5.69 Å². The van der Waals surface area contributed by atoms with Gasteiger partial charge >= 0.3 is 0 Å². The van der Waals surface area contributed by atoms with E-state index in [1.807, 2.05) is 37.3 Å². The Bertz CT molecular complexity index is 785. The highest BCUT2D eigenvalue weighted by atomic mass is 35.5. The number of hydrogen-bond acceptors (Lipinski definition) is 4. The maximum atomic E-state index is 12.9. The molecule has 1 aromatic heterocycles. The van der Waals surface area contributed by atoms with Crippen molar-refractivity contribution in [2.75, 3.05) is 32.8 Å². The van der Waals surface area contributed by atoms with E-state index in [-0.39, 0.29) is 11.9 Å². The van der Waals surface area contributed by atoms with Crippen LogP contribution in [0.25, 0.3) is 5.69 Å². The number of nitrogens with one attached hydrogen (secondary N) is 1. The lowest BCUT2D eigenvalue weighted by molar-refractivity contribution is 0.0124. The van der Waals surface area contributed by atoms with Gasteiger partial charge in [-0.15, -0.1) is 0 Å². The highest BCUT2D eigenvalue weighted by Gasteiger charge is 2.25. The fraction of sp³-hybridized carbons (Fsp3) is 0.524. The summed E-state index contributed by atoms with van der Waals surface area (Å²) in [6, 6.07) is 9.88. The lowest BCUT2D eigenvalue weighted by atomic mass is 10.0. The van der Waals surface area contributed by atoms with Crippen LogP contribution in [-0.4, -0.2) is 59.5 Å². The molecule has 3 rings (SSSR count). The maximum Gasteiger partial charge on any atom is 0.256 e. The van der Waals surface area contributed by atoms with Gasteiger partial charge in [-0.2, -0.15) is 5.10 Å². The number of aryl methyl sites for hydroxylation is 1. The molecule has 6 nitrogen and oxygen atoms in total. The van der Waals surface area contributed by atoms with Gasteiger partial charge in [0.05, 0.1) is 30.2 Å². The molecule has 2 heterocycles. The van der Waals surface area contributed by atoms with E-state index in [0.29, 0.717) is 28.9 Å². The minimum atomic E-state index is -0.174. The van der Waals surface area contributed by atoms with Crippen LogP contribution in [0.1, 0.15) is 36.3 Å². The first-order valence-electron chi connectivity index (χ1n) is 9.88. The molecule has 1 aliphatic heterocycles.